The summed E-state index contributed by atoms with van der Waals surface area (Å²) in [6.07, 6.45) is 4.38. The Kier molecular flexibility index (Phi) is 7.81. The number of halogens is 1. The second-order valence-electron chi connectivity index (χ2n) is 10.4. The minimum Gasteiger partial charge on any atom is -0.461 e. The van der Waals surface area contributed by atoms with Crippen LogP contribution in [0.5, 0.6) is 0 Å². The van der Waals surface area contributed by atoms with E-state index in [1.165, 1.54) is 13.3 Å². The van der Waals surface area contributed by atoms with Gasteiger partial charge in [0.25, 0.3) is 0 Å². The normalized spacial score (nSPS) is 18.3. The SMILES string of the molecule is CC(=O)OCc1c(CCC(=O)Cc2ccc(C)cc2Cl)noc1C1CC(CC(C)(C)C)C1. The van der Waals surface area contributed by atoms with Crippen molar-refractivity contribution in [2.45, 2.75) is 85.7 Å². The Balaban J connectivity index is 1.64. The lowest BCUT2D eigenvalue weighted by Crippen LogP contribution is -2.26. The van der Waals surface area contributed by atoms with Crippen LogP contribution in [-0.4, -0.2) is 16.9 Å². The molecule has 0 amide bonds. The van der Waals surface area contributed by atoms with Crippen molar-refractivity contribution in [2.24, 2.45) is 11.3 Å². The molecule has 1 aromatic carbocycles. The van der Waals surface area contributed by atoms with Crippen molar-refractivity contribution in [1.29, 1.82) is 0 Å². The largest absolute Gasteiger partial charge is 0.461 e. The van der Waals surface area contributed by atoms with Crippen molar-refractivity contribution in [2.75, 3.05) is 0 Å². The molecule has 6 heteroatoms. The lowest BCUT2D eigenvalue weighted by Gasteiger charge is -2.38. The monoisotopic (exact) mass is 459 g/mol. The number of nitrogens with zero attached hydrogens (tertiary/aromatic N) is 1. The lowest BCUT2D eigenvalue weighted by atomic mass is 9.67. The van der Waals surface area contributed by atoms with Crippen LogP contribution in [-0.2, 0) is 33.8 Å². The maximum atomic E-state index is 12.6. The summed E-state index contributed by atoms with van der Waals surface area (Å²) >= 11 is 6.27. The molecule has 0 aliphatic heterocycles. The first kappa shape index (κ1) is 24.5. The molecule has 0 radical (unpaired) electrons. The van der Waals surface area contributed by atoms with Crippen molar-refractivity contribution < 1.29 is 18.8 Å². The molecule has 5 nitrogen and oxygen atoms in total. The fourth-order valence-corrected chi connectivity index (χ4v) is 4.84. The van der Waals surface area contributed by atoms with E-state index in [0.717, 1.165) is 35.3 Å². The lowest BCUT2D eigenvalue weighted by molar-refractivity contribution is -0.142. The van der Waals surface area contributed by atoms with Crippen molar-refractivity contribution >= 4 is 23.4 Å². The number of Topliss-reactive ketones (excluding diaryl/α,β-unsaturated/α-hetero) is 1. The molecule has 1 heterocycles. The standard InChI is InChI=1S/C26H34ClNO4/c1-16-6-7-19(23(27)10-16)13-21(30)8-9-24-22(15-31-17(2)29)25(32-28-24)20-11-18(12-20)14-26(3,4)5/h6-7,10,18,20H,8-9,11-15H2,1-5H3. The molecule has 0 saturated heterocycles. The van der Waals surface area contributed by atoms with Gasteiger partial charge in [0.15, 0.2) is 0 Å². The van der Waals surface area contributed by atoms with Gasteiger partial charge in [0.1, 0.15) is 18.2 Å². The highest BCUT2D eigenvalue weighted by molar-refractivity contribution is 6.31. The van der Waals surface area contributed by atoms with Gasteiger partial charge in [0.2, 0.25) is 0 Å². The minimum atomic E-state index is -0.340. The molecule has 3 rings (SSSR count). The third-order valence-electron chi connectivity index (χ3n) is 6.06. The van der Waals surface area contributed by atoms with E-state index in [1.807, 2.05) is 25.1 Å². The molecule has 174 valence electrons. The van der Waals surface area contributed by atoms with Crippen molar-refractivity contribution in [3.05, 3.63) is 51.4 Å². The summed E-state index contributed by atoms with van der Waals surface area (Å²) in [5.41, 5.74) is 3.76. The van der Waals surface area contributed by atoms with Crippen LogP contribution < -0.4 is 0 Å². The predicted octanol–water partition coefficient (Wildman–Crippen LogP) is 6.37. The second-order valence-corrected chi connectivity index (χ2v) is 10.8. The Morgan fingerprint density at radius 2 is 1.97 bits per heavy atom. The number of esters is 1. The zero-order chi connectivity index (χ0) is 23.5. The van der Waals surface area contributed by atoms with Gasteiger partial charge in [-0.05, 0) is 54.7 Å². The number of carbonyl (C=O) groups excluding carboxylic acids is 2. The van der Waals surface area contributed by atoms with Gasteiger partial charge in [-0.3, -0.25) is 9.59 Å². The number of rotatable bonds is 9. The molecule has 1 aliphatic carbocycles. The molecule has 1 fully saturated rings. The van der Waals surface area contributed by atoms with Gasteiger partial charge in [-0.15, -0.1) is 0 Å². The molecule has 0 N–H and O–H groups in total. The maximum absolute atomic E-state index is 12.6. The van der Waals surface area contributed by atoms with Crippen LogP contribution >= 0.6 is 11.6 Å². The fraction of sp³-hybridized carbons (Fsp3) is 0.577. The molecule has 0 spiro atoms. The number of carbonyl (C=O) groups is 2. The topological polar surface area (TPSA) is 69.4 Å². The van der Waals surface area contributed by atoms with Gasteiger partial charge in [0.05, 0.1) is 11.3 Å². The average Bonchev–Trinajstić information content (AvgIpc) is 3.04. The number of ketones is 1. The third-order valence-corrected chi connectivity index (χ3v) is 6.42. The number of benzene rings is 1. The summed E-state index contributed by atoms with van der Waals surface area (Å²) in [6.45, 7) is 10.3. The van der Waals surface area contributed by atoms with Crippen LogP contribution in [0, 0.1) is 18.3 Å². The van der Waals surface area contributed by atoms with E-state index in [0.29, 0.717) is 47.2 Å². The Bertz CT molecular complexity index is 967. The van der Waals surface area contributed by atoms with Crippen LogP contribution in [0.1, 0.15) is 87.4 Å². The van der Waals surface area contributed by atoms with Crippen molar-refractivity contribution in [1.82, 2.24) is 5.16 Å². The molecule has 0 atom stereocenters. The number of ether oxygens (including phenoxy) is 1. The zero-order valence-corrected chi connectivity index (χ0v) is 20.6. The molecule has 0 bridgehead atoms. The van der Waals surface area contributed by atoms with E-state index in [9.17, 15) is 9.59 Å². The summed E-state index contributed by atoms with van der Waals surface area (Å²) in [7, 11) is 0. The molecule has 32 heavy (non-hydrogen) atoms. The average molecular weight is 460 g/mol. The third kappa shape index (κ3) is 6.68. The van der Waals surface area contributed by atoms with E-state index < -0.39 is 0 Å². The van der Waals surface area contributed by atoms with E-state index in [1.54, 1.807) is 0 Å². The number of hydrogen-bond acceptors (Lipinski definition) is 5. The first-order valence-electron chi connectivity index (χ1n) is 11.4. The zero-order valence-electron chi connectivity index (χ0n) is 19.8. The van der Waals surface area contributed by atoms with E-state index >= 15 is 0 Å². The van der Waals surface area contributed by atoms with Gasteiger partial charge in [-0.2, -0.15) is 0 Å². The molecule has 1 aliphatic rings. The molecule has 2 aromatic rings. The van der Waals surface area contributed by atoms with Crippen LogP contribution in [0.3, 0.4) is 0 Å². The number of hydrogen-bond donors (Lipinski definition) is 0. The minimum absolute atomic E-state index is 0.0904. The van der Waals surface area contributed by atoms with Gasteiger partial charge >= 0.3 is 5.97 Å². The summed E-state index contributed by atoms with van der Waals surface area (Å²) < 4.78 is 11.0. The Hall–Kier alpha value is -2.14. The molecular formula is C26H34ClNO4. The fourth-order valence-electron chi connectivity index (χ4n) is 4.54. The van der Waals surface area contributed by atoms with E-state index in [2.05, 4.69) is 25.9 Å². The second kappa shape index (κ2) is 10.2. The van der Waals surface area contributed by atoms with E-state index in [4.69, 9.17) is 20.9 Å². The first-order valence-corrected chi connectivity index (χ1v) is 11.8. The highest BCUT2D eigenvalue weighted by Gasteiger charge is 2.37. The van der Waals surface area contributed by atoms with Crippen LogP contribution in [0.25, 0.3) is 0 Å². The van der Waals surface area contributed by atoms with Crippen molar-refractivity contribution in [3.8, 4) is 0 Å². The van der Waals surface area contributed by atoms with E-state index in [-0.39, 0.29) is 18.4 Å². The summed E-state index contributed by atoms with van der Waals surface area (Å²) in [4.78, 5) is 24.0. The van der Waals surface area contributed by atoms with Gasteiger partial charge < -0.3 is 9.26 Å². The van der Waals surface area contributed by atoms with Gasteiger partial charge in [-0.1, -0.05) is 49.7 Å². The van der Waals surface area contributed by atoms with Crippen LogP contribution in [0.2, 0.25) is 5.02 Å². The highest BCUT2D eigenvalue weighted by atomic mass is 35.5. The Morgan fingerprint density at radius 3 is 2.59 bits per heavy atom. The van der Waals surface area contributed by atoms with Crippen molar-refractivity contribution in [3.63, 3.8) is 0 Å². The summed E-state index contributed by atoms with van der Waals surface area (Å²) in [5, 5.41) is 4.88. The maximum Gasteiger partial charge on any atom is 0.302 e. The Morgan fingerprint density at radius 1 is 1.25 bits per heavy atom. The smallest absolute Gasteiger partial charge is 0.302 e. The molecule has 0 unspecified atom stereocenters. The quantitative estimate of drug-likeness (QED) is 0.407. The highest BCUT2D eigenvalue weighted by Crippen LogP contribution is 2.48. The Labute approximate surface area is 195 Å². The van der Waals surface area contributed by atoms with Gasteiger partial charge in [-0.25, -0.2) is 0 Å². The molecule has 1 saturated carbocycles. The first-order chi connectivity index (χ1) is 15.0. The number of aryl methyl sites for hydroxylation is 2. The van der Waals surface area contributed by atoms with Crippen LogP contribution in [0.4, 0.5) is 0 Å². The summed E-state index contributed by atoms with van der Waals surface area (Å²) in [5.74, 6) is 1.55. The molecular weight excluding hydrogens is 426 g/mol. The molecule has 1 aromatic heterocycles. The van der Waals surface area contributed by atoms with Gasteiger partial charge in [0, 0.05) is 37.1 Å². The summed E-state index contributed by atoms with van der Waals surface area (Å²) in [6, 6.07) is 5.73. The predicted molar refractivity (Wildman–Crippen MR) is 125 cm³/mol. The van der Waals surface area contributed by atoms with Crippen LogP contribution in [0.15, 0.2) is 22.7 Å². The number of aromatic nitrogens is 1.